The minimum absolute atomic E-state index is 0.0462. The van der Waals surface area contributed by atoms with Gasteiger partial charge in [0.1, 0.15) is 12.0 Å². The molecule has 4 aromatic heterocycles. The number of nitrogens with one attached hydrogen (secondary N) is 1. The molecule has 1 aliphatic heterocycles. The molecule has 1 amide bonds. The number of fused-ring (bicyclic) bond motifs is 1. The van der Waals surface area contributed by atoms with Crippen LogP contribution in [0.15, 0.2) is 52.1 Å². The van der Waals surface area contributed by atoms with Crippen molar-refractivity contribution in [2.75, 3.05) is 6.54 Å². The maximum absolute atomic E-state index is 12.6. The monoisotopic (exact) mass is 375 g/mol. The molecule has 8 heteroatoms. The smallest absolute Gasteiger partial charge is 0.274 e. The van der Waals surface area contributed by atoms with Crippen LogP contribution in [0, 0.1) is 6.92 Å². The average molecular weight is 375 g/mol. The van der Waals surface area contributed by atoms with E-state index in [-0.39, 0.29) is 5.91 Å². The zero-order chi connectivity index (χ0) is 19.1. The molecular weight excluding hydrogens is 358 g/mol. The molecule has 0 saturated carbocycles. The van der Waals surface area contributed by atoms with Gasteiger partial charge in [0, 0.05) is 36.7 Å². The predicted octanol–water partition coefficient (Wildman–Crippen LogP) is 3.23. The molecule has 8 nitrogen and oxygen atoms in total. The van der Waals surface area contributed by atoms with Crippen LogP contribution >= 0.6 is 0 Å². The number of aryl methyl sites for hydroxylation is 1. The Hall–Kier alpha value is -3.68. The highest BCUT2D eigenvalue weighted by molar-refractivity contribution is 5.94. The summed E-state index contributed by atoms with van der Waals surface area (Å²) >= 11 is 0. The van der Waals surface area contributed by atoms with E-state index in [1.54, 1.807) is 11.0 Å². The van der Waals surface area contributed by atoms with Crippen molar-refractivity contribution in [1.82, 2.24) is 25.0 Å². The highest BCUT2D eigenvalue weighted by atomic mass is 16.5. The third-order valence-corrected chi connectivity index (χ3v) is 4.99. The minimum atomic E-state index is -0.0462. The van der Waals surface area contributed by atoms with Gasteiger partial charge in [0.2, 0.25) is 5.82 Å². The number of carbonyl (C=O) groups is 1. The van der Waals surface area contributed by atoms with Crippen LogP contribution in [0.25, 0.3) is 23.0 Å². The molecule has 4 aromatic rings. The van der Waals surface area contributed by atoms with Crippen LogP contribution in [0.5, 0.6) is 0 Å². The summed E-state index contributed by atoms with van der Waals surface area (Å²) in [5.41, 5.74) is 5.16. The fourth-order valence-electron chi connectivity index (χ4n) is 3.59. The Bertz CT molecular complexity index is 1130. The second-order valence-electron chi connectivity index (χ2n) is 6.72. The molecule has 0 unspecified atom stereocenters. The summed E-state index contributed by atoms with van der Waals surface area (Å²) in [6, 6.07) is 5.43. The van der Waals surface area contributed by atoms with Crippen LogP contribution in [0.1, 0.15) is 27.2 Å². The van der Waals surface area contributed by atoms with Crippen molar-refractivity contribution < 1.29 is 13.7 Å². The van der Waals surface area contributed by atoms with E-state index in [9.17, 15) is 4.79 Å². The van der Waals surface area contributed by atoms with Crippen molar-refractivity contribution in [3.8, 4) is 23.0 Å². The Morgan fingerprint density at radius 2 is 2.25 bits per heavy atom. The van der Waals surface area contributed by atoms with Gasteiger partial charge in [-0.1, -0.05) is 5.16 Å². The zero-order valence-electron chi connectivity index (χ0n) is 15.2. The fraction of sp³-hybridized carbons (Fsp3) is 0.200. The van der Waals surface area contributed by atoms with E-state index in [4.69, 9.17) is 8.94 Å². The van der Waals surface area contributed by atoms with Gasteiger partial charge in [0.15, 0.2) is 0 Å². The van der Waals surface area contributed by atoms with E-state index in [1.165, 1.54) is 12.5 Å². The second kappa shape index (κ2) is 6.49. The van der Waals surface area contributed by atoms with Crippen molar-refractivity contribution in [3.05, 3.63) is 65.5 Å². The summed E-state index contributed by atoms with van der Waals surface area (Å²) in [7, 11) is 0. The number of amides is 1. The number of furan rings is 1. The van der Waals surface area contributed by atoms with E-state index in [2.05, 4.69) is 20.1 Å². The highest BCUT2D eigenvalue weighted by Crippen LogP contribution is 2.32. The van der Waals surface area contributed by atoms with Gasteiger partial charge in [-0.05, 0) is 42.7 Å². The molecule has 0 spiro atoms. The van der Waals surface area contributed by atoms with Crippen LogP contribution in [0.2, 0.25) is 0 Å². The van der Waals surface area contributed by atoms with Crippen molar-refractivity contribution in [2.45, 2.75) is 19.9 Å². The van der Waals surface area contributed by atoms with Crippen LogP contribution < -0.4 is 0 Å². The Kier molecular flexibility index (Phi) is 3.82. The summed E-state index contributed by atoms with van der Waals surface area (Å²) in [4.78, 5) is 26.5. The number of H-pyrrole nitrogens is 1. The van der Waals surface area contributed by atoms with Gasteiger partial charge in [0.25, 0.3) is 11.8 Å². The SMILES string of the molecule is Cc1ncc2c(c1-c1noc(-c3ccc[nH]3)n1)CCN(C(=O)c1ccoc1)C2. The van der Waals surface area contributed by atoms with Gasteiger partial charge in [-0.2, -0.15) is 4.98 Å². The first-order valence-electron chi connectivity index (χ1n) is 8.97. The molecule has 5 heterocycles. The normalized spacial score (nSPS) is 13.5. The first-order chi connectivity index (χ1) is 13.7. The quantitative estimate of drug-likeness (QED) is 0.590. The third-order valence-electron chi connectivity index (χ3n) is 4.99. The lowest BCUT2D eigenvalue weighted by molar-refractivity contribution is 0.0734. The number of pyridine rings is 1. The van der Waals surface area contributed by atoms with Gasteiger partial charge in [-0.3, -0.25) is 9.78 Å². The molecule has 140 valence electrons. The Labute approximate surface area is 160 Å². The molecule has 28 heavy (non-hydrogen) atoms. The third kappa shape index (κ3) is 2.70. The maximum Gasteiger partial charge on any atom is 0.274 e. The number of hydrogen-bond acceptors (Lipinski definition) is 6. The molecular formula is C20H17N5O3. The number of aromatic nitrogens is 4. The van der Waals surface area contributed by atoms with Crippen molar-refractivity contribution in [2.24, 2.45) is 0 Å². The van der Waals surface area contributed by atoms with Gasteiger partial charge in [-0.25, -0.2) is 0 Å². The summed E-state index contributed by atoms with van der Waals surface area (Å²) in [5.74, 6) is 0.903. The lowest BCUT2D eigenvalue weighted by atomic mass is 9.94. The van der Waals surface area contributed by atoms with E-state index in [0.29, 0.717) is 36.8 Å². The standard InChI is InChI=1S/C20H17N5O3/c1-12-17(18-23-19(28-24-18)16-3-2-6-21-16)15-4-7-25(10-14(15)9-22-12)20(26)13-5-8-27-11-13/h2-3,5-6,8-9,11,21H,4,7,10H2,1H3. The van der Waals surface area contributed by atoms with Crippen LogP contribution in [-0.4, -0.2) is 37.5 Å². The van der Waals surface area contributed by atoms with Gasteiger partial charge in [-0.15, -0.1) is 0 Å². The maximum atomic E-state index is 12.6. The number of aromatic amines is 1. The summed E-state index contributed by atoms with van der Waals surface area (Å²) < 4.78 is 10.5. The molecule has 1 aliphatic rings. The van der Waals surface area contributed by atoms with E-state index >= 15 is 0 Å². The first-order valence-corrected chi connectivity index (χ1v) is 8.97. The van der Waals surface area contributed by atoms with Crippen molar-refractivity contribution >= 4 is 5.91 Å². The lowest BCUT2D eigenvalue weighted by Crippen LogP contribution is -2.36. The van der Waals surface area contributed by atoms with E-state index < -0.39 is 0 Å². The minimum Gasteiger partial charge on any atom is -0.472 e. The number of hydrogen-bond donors (Lipinski definition) is 1. The molecule has 5 rings (SSSR count). The molecule has 0 radical (unpaired) electrons. The fourth-order valence-corrected chi connectivity index (χ4v) is 3.59. The predicted molar refractivity (Wildman–Crippen MR) is 99.2 cm³/mol. The van der Waals surface area contributed by atoms with Gasteiger partial charge >= 0.3 is 0 Å². The van der Waals surface area contributed by atoms with E-state index in [1.807, 2.05) is 31.5 Å². The topological polar surface area (TPSA) is 101 Å². The van der Waals surface area contributed by atoms with Crippen LogP contribution in [0.3, 0.4) is 0 Å². The van der Waals surface area contributed by atoms with Gasteiger partial charge < -0.3 is 18.8 Å². The van der Waals surface area contributed by atoms with Crippen molar-refractivity contribution in [3.63, 3.8) is 0 Å². The number of nitrogens with zero attached hydrogens (tertiary/aromatic N) is 4. The molecule has 0 fully saturated rings. The van der Waals surface area contributed by atoms with Crippen LogP contribution in [-0.2, 0) is 13.0 Å². The molecule has 1 N–H and O–H groups in total. The molecule has 0 atom stereocenters. The Morgan fingerprint density at radius 1 is 1.32 bits per heavy atom. The highest BCUT2D eigenvalue weighted by Gasteiger charge is 2.27. The number of carbonyl (C=O) groups excluding carboxylic acids is 1. The molecule has 0 saturated heterocycles. The van der Waals surface area contributed by atoms with Gasteiger partial charge in [0.05, 0.1) is 11.8 Å². The van der Waals surface area contributed by atoms with Crippen LogP contribution in [0.4, 0.5) is 0 Å². The molecule has 0 aromatic carbocycles. The summed E-state index contributed by atoms with van der Waals surface area (Å²) in [6.07, 6.45) is 7.31. The molecule has 0 bridgehead atoms. The average Bonchev–Trinajstić information content (AvgIpc) is 3.49. The summed E-state index contributed by atoms with van der Waals surface area (Å²) in [5, 5.41) is 4.17. The number of rotatable bonds is 3. The largest absolute Gasteiger partial charge is 0.472 e. The summed E-state index contributed by atoms with van der Waals surface area (Å²) in [6.45, 7) is 3.03. The second-order valence-corrected chi connectivity index (χ2v) is 6.72. The Balaban J connectivity index is 1.49. The van der Waals surface area contributed by atoms with Crippen molar-refractivity contribution in [1.29, 1.82) is 0 Å². The molecule has 0 aliphatic carbocycles. The lowest BCUT2D eigenvalue weighted by Gasteiger charge is -2.29. The zero-order valence-corrected chi connectivity index (χ0v) is 15.2. The first kappa shape index (κ1) is 16.5. The van der Waals surface area contributed by atoms with E-state index in [0.717, 1.165) is 28.1 Å². The Morgan fingerprint density at radius 3 is 3.04 bits per heavy atom.